The van der Waals surface area contributed by atoms with Gasteiger partial charge in [0.05, 0.1) is 0 Å². The van der Waals surface area contributed by atoms with Crippen LogP contribution in [0.2, 0.25) is 0 Å². The molecule has 0 radical (unpaired) electrons. The molecule has 0 atom stereocenters. The number of carbonyl (C=O) groups is 1. The van der Waals surface area contributed by atoms with E-state index in [2.05, 4.69) is 57.5 Å². The van der Waals surface area contributed by atoms with Gasteiger partial charge < -0.3 is 15.5 Å². The normalized spacial score (nSPS) is 10.8. The van der Waals surface area contributed by atoms with Crippen molar-refractivity contribution in [3.63, 3.8) is 0 Å². The molecule has 6 nitrogen and oxygen atoms in total. The van der Waals surface area contributed by atoms with E-state index < -0.39 is 0 Å². The lowest BCUT2D eigenvalue weighted by Gasteiger charge is -2.14. The number of amides is 1. The highest BCUT2D eigenvalue weighted by molar-refractivity contribution is 5.93. The first-order valence-electron chi connectivity index (χ1n) is 9.04. The van der Waals surface area contributed by atoms with Crippen LogP contribution < -0.4 is 10.6 Å². The molecule has 1 aromatic carbocycles. The molecule has 0 spiro atoms. The summed E-state index contributed by atoms with van der Waals surface area (Å²) in [4.78, 5) is 23.2. The van der Waals surface area contributed by atoms with Crippen LogP contribution in [-0.4, -0.2) is 48.0 Å². The Balaban J connectivity index is 2.13. The van der Waals surface area contributed by atoms with Crippen molar-refractivity contribution in [3.8, 4) is 0 Å². The van der Waals surface area contributed by atoms with Gasteiger partial charge in [-0.25, -0.2) is 9.97 Å². The molecule has 0 aliphatic rings. The molecule has 140 valence electrons. The SMILES string of the molecule is CCc1cccc(C)c1Nc1cc(C(=O)NCCCN(C)C)nc(C)n1. The lowest BCUT2D eigenvalue weighted by molar-refractivity contribution is 0.0947. The summed E-state index contributed by atoms with van der Waals surface area (Å²) >= 11 is 0. The molecule has 0 aliphatic carbocycles. The summed E-state index contributed by atoms with van der Waals surface area (Å²) in [7, 11) is 4.04. The molecule has 0 bridgehead atoms. The van der Waals surface area contributed by atoms with Gasteiger partial charge in [0, 0.05) is 18.3 Å². The highest BCUT2D eigenvalue weighted by Crippen LogP contribution is 2.24. The van der Waals surface area contributed by atoms with E-state index in [9.17, 15) is 4.79 Å². The van der Waals surface area contributed by atoms with E-state index in [-0.39, 0.29) is 5.91 Å². The molecule has 0 aliphatic heterocycles. The topological polar surface area (TPSA) is 70.2 Å². The second kappa shape index (κ2) is 9.29. The van der Waals surface area contributed by atoms with Gasteiger partial charge in [-0.05, 0) is 58.5 Å². The number of benzene rings is 1. The first kappa shape index (κ1) is 19.8. The molecule has 1 heterocycles. The van der Waals surface area contributed by atoms with Gasteiger partial charge in [0.15, 0.2) is 0 Å². The van der Waals surface area contributed by atoms with E-state index in [0.29, 0.717) is 23.9 Å². The molecule has 0 unspecified atom stereocenters. The second-order valence-corrected chi connectivity index (χ2v) is 6.69. The van der Waals surface area contributed by atoms with Crippen LogP contribution in [0.4, 0.5) is 11.5 Å². The van der Waals surface area contributed by atoms with Crippen LogP contribution in [0.3, 0.4) is 0 Å². The third-order valence-electron chi connectivity index (χ3n) is 4.13. The predicted molar refractivity (Wildman–Crippen MR) is 106 cm³/mol. The van der Waals surface area contributed by atoms with Gasteiger partial charge in [-0.3, -0.25) is 4.79 Å². The van der Waals surface area contributed by atoms with Crippen molar-refractivity contribution >= 4 is 17.4 Å². The molecule has 0 saturated heterocycles. The van der Waals surface area contributed by atoms with Gasteiger partial charge in [-0.1, -0.05) is 25.1 Å². The van der Waals surface area contributed by atoms with E-state index in [1.807, 2.05) is 14.1 Å². The zero-order valence-electron chi connectivity index (χ0n) is 16.4. The maximum atomic E-state index is 12.4. The molecule has 0 saturated carbocycles. The van der Waals surface area contributed by atoms with Crippen LogP contribution >= 0.6 is 0 Å². The Kier molecular flexibility index (Phi) is 7.09. The Morgan fingerprint density at radius 2 is 1.96 bits per heavy atom. The highest BCUT2D eigenvalue weighted by Gasteiger charge is 2.12. The number of para-hydroxylation sites is 1. The quantitative estimate of drug-likeness (QED) is 0.712. The van der Waals surface area contributed by atoms with E-state index in [1.165, 1.54) is 5.56 Å². The number of anilines is 2. The number of nitrogens with one attached hydrogen (secondary N) is 2. The molecule has 26 heavy (non-hydrogen) atoms. The fourth-order valence-corrected chi connectivity index (χ4v) is 2.77. The summed E-state index contributed by atoms with van der Waals surface area (Å²) in [6.45, 7) is 7.54. The zero-order valence-corrected chi connectivity index (χ0v) is 16.4. The Bertz CT molecular complexity index is 758. The number of hydrogen-bond donors (Lipinski definition) is 2. The Morgan fingerprint density at radius 1 is 1.19 bits per heavy atom. The van der Waals surface area contributed by atoms with Crippen LogP contribution in [-0.2, 0) is 6.42 Å². The number of aromatic nitrogens is 2. The summed E-state index contributed by atoms with van der Waals surface area (Å²) in [5, 5.41) is 6.30. The van der Waals surface area contributed by atoms with E-state index in [1.54, 1.807) is 13.0 Å². The molecule has 1 amide bonds. The van der Waals surface area contributed by atoms with Crippen LogP contribution in [0.25, 0.3) is 0 Å². The van der Waals surface area contributed by atoms with Crippen LogP contribution in [0, 0.1) is 13.8 Å². The number of hydrogen-bond acceptors (Lipinski definition) is 5. The Morgan fingerprint density at radius 3 is 2.65 bits per heavy atom. The van der Waals surface area contributed by atoms with Crippen molar-refractivity contribution in [1.82, 2.24) is 20.2 Å². The van der Waals surface area contributed by atoms with Crippen molar-refractivity contribution in [2.45, 2.75) is 33.6 Å². The van der Waals surface area contributed by atoms with Crippen molar-refractivity contribution in [2.75, 3.05) is 32.5 Å². The first-order chi connectivity index (χ1) is 12.4. The zero-order chi connectivity index (χ0) is 19.1. The average molecular weight is 355 g/mol. The lowest BCUT2D eigenvalue weighted by atomic mass is 10.1. The summed E-state index contributed by atoms with van der Waals surface area (Å²) in [6.07, 6.45) is 1.82. The minimum atomic E-state index is -0.169. The molecule has 2 rings (SSSR count). The minimum Gasteiger partial charge on any atom is -0.351 e. The molecule has 2 aromatic rings. The molecule has 1 aromatic heterocycles. The third kappa shape index (κ3) is 5.52. The summed E-state index contributed by atoms with van der Waals surface area (Å²) in [5.74, 6) is 1.04. The van der Waals surface area contributed by atoms with Gasteiger partial charge in [0.2, 0.25) is 0 Å². The predicted octanol–water partition coefficient (Wildman–Crippen LogP) is 3.08. The van der Waals surface area contributed by atoms with Crippen molar-refractivity contribution in [1.29, 1.82) is 0 Å². The number of carbonyl (C=O) groups excluding carboxylic acids is 1. The van der Waals surface area contributed by atoms with Gasteiger partial charge in [0.1, 0.15) is 17.3 Å². The number of rotatable bonds is 8. The monoisotopic (exact) mass is 355 g/mol. The maximum Gasteiger partial charge on any atom is 0.270 e. The van der Waals surface area contributed by atoms with Gasteiger partial charge in [-0.2, -0.15) is 0 Å². The van der Waals surface area contributed by atoms with Crippen LogP contribution in [0.1, 0.15) is 40.8 Å². The smallest absolute Gasteiger partial charge is 0.270 e. The van der Waals surface area contributed by atoms with Gasteiger partial charge in [-0.15, -0.1) is 0 Å². The molecular weight excluding hydrogens is 326 g/mol. The number of nitrogens with zero attached hydrogens (tertiary/aromatic N) is 3. The lowest BCUT2D eigenvalue weighted by Crippen LogP contribution is -2.28. The first-order valence-corrected chi connectivity index (χ1v) is 9.04. The minimum absolute atomic E-state index is 0.169. The van der Waals surface area contributed by atoms with Gasteiger partial charge in [0.25, 0.3) is 5.91 Å². The molecule has 0 fully saturated rings. The fourth-order valence-electron chi connectivity index (χ4n) is 2.77. The Labute approximate surface area is 156 Å². The highest BCUT2D eigenvalue weighted by atomic mass is 16.1. The standard InChI is InChI=1S/C20H29N5O/c1-6-16-10-7-9-14(2)19(16)24-18-13-17(22-15(3)23-18)20(26)21-11-8-12-25(4)5/h7,9-10,13H,6,8,11-12H2,1-5H3,(H,21,26)(H,22,23,24). The van der Waals surface area contributed by atoms with Crippen molar-refractivity contribution in [2.24, 2.45) is 0 Å². The van der Waals surface area contributed by atoms with Crippen molar-refractivity contribution in [3.05, 3.63) is 46.9 Å². The van der Waals surface area contributed by atoms with E-state index in [4.69, 9.17) is 0 Å². The van der Waals surface area contributed by atoms with Crippen LogP contribution in [0.5, 0.6) is 0 Å². The molecule has 2 N–H and O–H groups in total. The van der Waals surface area contributed by atoms with Crippen molar-refractivity contribution < 1.29 is 4.79 Å². The van der Waals surface area contributed by atoms with Crippen LogP contribution in [0.15, 0.2) is 24.3 Å². The summed E-state index contributed by atoms with van der Waals surface area (Å²) < 4.78 is 0. The summed E-state index contributed by atoms with van der Waals surface area (Å²) in [5.41, 5.74) is 3.80. The maximum absolute atomic E-state index is 12.4. The Hall–Kier alpha value is -2.47. The number of aryl methyl sites for hydroxylation is 3. The third-order valence-corrected chi connectivity index (χ3v) is 4.13. The van der Waals surface area contributed by atoms with Gasteiger partial charge >= 0.3 is 0 Å². The average Bonchev–Trinajstić information content (AvgIpc) is 2.59. The van der Waals surface area contributed by atoms with E-state index in [0.717, 1.165) is 30.6 Å². The summed E-state index contributed by atoms with van der Waals surface area (Å²) in [6, 6.07) is 7.92. The fraction of sp³-hybridized carbons (Fsp3) is 0.450. The molecule has 6 heteroatoms. The largest absolute Gasteiger partial charge is 0.351 e. The van der Waals surface area contributed by atoms with E-state index >= 15 is 0 Å². The second-order valence-electron chi connectivity index (χ2n) is 6.69. The molecular formula is C20H29N5O.